The molecule has 2 bridgehead atoms. The average molecular weight is 182 g/mol. The van der Waals surface area contributed by atoms with E-state index < -0.39 is 0 Å². The van der Waals surface area contributed by atoms with E-state index in [0.717, 1.165) is 37.0 Å². The summed E-state index contributed by atoms with van der Waals surface area (Å²) in [6.07, 6.45) is 7.25. The van der Waals surface area contributed by atoms with E-state index in [9.17, 15) is 5.11 Å². The largest absolute Gasteiger partial charge is 0.390 e. The second kappa shape index (κ2) is 3.27. The molecule has 2 aliphatic rings. The second-order valence-corrected chi connectivity index (χ2v) is 5.40. The van der Waals surface area contributed by atoms with Gasteiger partial charge in [-0.2, -0.15) is 0 Å². The van der Waals surface area contributed by atoms with Crippen molar-refractivity contribution in [2.75, 3.05) is 0 Å². The molecule has 0 aromatic rings. The maximum Gasteiger partial charge on any atom is 0.0650 e. The standard InChI is InChI=1S/C12H22O/c1-3-12(13)7-10-5-4-9(2)11(6-10)8-12/h9-11,13H,3-8H2,1-2H3. The van der Waals surface area contributed by atoms with E-state index in [0.29, 0.717) is 0 Å². The summed E-state index contributed by atoms with van der Waals surface area (Å²) in [5.41, 5.74) is -0.303. The zero-order valence-electron chi connectivity index (χ0n) is 8.92. The fraction of sp³-hybridized carbons (Fsp3) is 1.00. The van der Waals surface area contributed by atoms with Gasteiger partial charge >= 0.3 is 0 Å². The van der Waals surface area contributed by atoms with E-state index in [2.05, 4.69) is 13.8 Å². The molecule has 76 valence electrons. The van der Waals surface area contributed by atoms with Gasteiger partial charge in [-0.1, -0.05) is 26.7 Å². The first-order valence-electron chi connectivity index (χ1n) is 5.85. The van der Waals surface area contributed by atoms with Crippen molar-refractivity contribution in [3.63, 3.8) is 0 Å². The van der Waals surface area contributed by atoms with Crippen LogP contribution < -0.4 is 0 Å². The van der Waals surface area contributed by atoms with Crippen molar-refractivity contribution in [1.82, 2.24) is 0 Å². The summed E-state index contributed by atoms with van der Waals surface area (Å²) in [4.78, 5) is 0. The van der Waals surface area contributed by atoms with Crippen molar-refractivity contribution in [1.29, 1.82) is 0 Å². The third-order valence-electron chi connectivity index (χ3n) is 4.44. The average Bonchev–Trinajstić information content (AvgIpc) is 2.12. The number of aliphatic hydroxyl groups is 1. The predicted molar refractivity (Wildman–Crippen MR) is 54.5 cm³/mol. The molecular formula is C12H22O. The highest BCUT2D eigenvalue weighted by molar-refractivity contribution is 4.93. The van der Waals surface area contributed by atoms with Crippen LogP contribution in [0, 0.1) is 17.8 Å². The van der Waals surface area contributed by atoms with Crippen molar-refractivity contribution in [2.24, 2.45) is 17.8 Å². The Balaban J connectivity index is 2.08. The maximum atomic E-state index is 10.3. The molecule has 0 heterocycles. The Morgan fingerprint density at radius 2 is 2.08 bits per heavy atom. The lowest BCUT2D eigenvalue weighted by atomic mass is 9.62. The molecule has 0 aromatic heterocycles. The summed E-state index contributed by atoms with van der Waals surface area (Å²) in [6.45, 7) is 4.49. The lowest BCUT2D eigenvalue weighted by Gasteiger charge is -2.46. The van der Waals surface area contributed by atoms with Crippen LogP contribution in [0.4, 0.5) is 0 Å². The molecule has 0 amide bonds. The van der Waals surface area contributed by atoms with E-state index in [4.69, 9.17) is 0 Å². The van der Waals surface area contributed by atoms with Gasteiger partial charge in [0, 0.05) is 0 Å². The van der Waals surface area contributed by atoms with Crippen LogP contribution in [-0.4, -0.2) is 10.7 Å². The van der Waals surface area contributed by atoms with Crippen molar-refractivity contribution >= 4 is 0 Å². The van der Waals surface area contributed by atoms with E-state index >= 15 is 0 Å². The van der Waals surface area contributed by atoms with Crippen molar-refractivity contribution < 1.29 is 5.11 Å². The van der Waals surface area contributed by atoms with Crippen LogP contribution in [-0.2, 0) is 0 Å². The number of fused-ring (bicyclic) bond motifs is 2. The van der Waals surface area contributed by atoms with Crippen molar-refractivity contribution in [3.8, 4) is 0 Å². The Hall–Kier alpha value is -0.0400. The fourth-order valence-corrected chi connectivity index (χ4v) is 3.38. The molecule has 4 unspecified atom stereocenters. The highest BCUT2D eigenvalue weighted by Crippen LogP contribution is 2.47. The third kappa shape index (κ3) is 1.76. The van der Waals surface area contributed by atoms with E-state index in [1.54, 1.807) is 0 Å². The molecule has 1 heteroatoms. The second-order valence-electron chi connectivity index (χ2n) is 5.40. The predicted octanol–water partition coefficient (Wildman–Crippen LogP) is 2.97. The smallest absolute Gasteiger partial charge is 0.0650 e. The maximum absolute atomic E-state index is 10.3. The Bertz CT molecular complexity index is 190. The monoisotopic (exact) mass is 182 g/mol. The molecule has 1 nitrogen and oxygen atoms in total. The summed E-state index contributed by atoms with van der Waals surface area (Å²) in [6, 6.07) is 0. The van der Waals surface area contributed by atoms with Gasteiger partial charge in [0.2, 0.25) is 0 Å². The minimum Gasteiger partial charge on any atom is -0.390 e. The van der Waals surface area contributed by atoms with E-state index in [1.165, 1.54) is 19.3 Å². The quantitative estimate of drug-likeness (QED) is 0.661. The van der Waals surface area contributed by atoms with E-state index in [1.807, 2.05) is 0 Å². The molecule has 0 radical (unpaired) electrons. The Labute approximate surface area is 81.5 Å². The zero-order chi connectivity index (χ0) is 9.47. The Kier molecular flexibility index (Phi) is 2.39. The summed E-state index contributed by atoms with van der Waals surface area (Å²) in [7, 11) is 0. The topological polar surface area (TPSA) is 20.2 Å². The first-order valence-corrected chi connectivity index (χ1v) is 5.85. The molecular weight excluding hydrogens is 160 g/mol. The SMILES string of the molecule is CCC1(O)CC2CCC(C)C(C2)C1. The molecule has 0 aromatic carbocycles. The highest BCUT2D eigenvalue weighted by Gasteiger charge is 2.41. The number of hydrogen-bond acceptors (Lipinski definition) is 1. The molecule has 2 fully saturated rings. The number of rotatable bonds is 1. The highest BCUT2D eigenvalue weighted by atomic mass is 16.3. The molecule has 2 aliphatic carbocycles. The van der Waals surface area contributed by atoms with Crippen molar-refractivity contribution in [2.45, 2.75) is 58.0 Å². The van der Waals surface area contributed by atoms with Crippen LogP contribution in [0.15, 0.2) is 0 Å². The molecule has 0 spiro atoms. The van der Waals surface area contributed by atoms with Gasteiger partial charge in [0.05, 0.1) is 5.60 Å². The summed E-state index contributed by atoms with van der Waals surface area (Å²) >= 11 is 0. The lowest BCUT2D eigenvalue weighted by Crippen LogP contribution is -2.42. The van der Waals surface area contributed by atoms with Gasteiger partial charge in [0.25, 0.3) is 0 Å². The fourth-order valence-electron chi connectivity index (χ4n) is 3.38. The van der Waals surface area contributed by atoms with Gasteiger partial charge in [-0.15, -0.1) is 0 Å². The molecule has 13 heavy (non-hydrogen) atoms. The summed E-state index contributed by atoms with van der Waals surface area (Å²) in [5, 5.41) is 10.3. The lowest BCUT2D eigenvalue weighted by molar-refractivity contribution is -0.0669. The van der Waals surface area contributed by atoms with Crippen LogP contribution in [0.5, 0.6) is 0 Å². The molecule has 2 rings (SSSR count). The normalized spacial score (nSPS) is 50.5. The van der Waals surface area contributed by atoms with Gasteiger partial charge in [-0.05, 0) is 43.4 Å². The van der Waals surface area contributed by atoms with Crippen LogP contribution in [0.2, 0.25) is 0 Å². The minimum atomic E-state index is -0.303. The summed E-state index contributed by atoms with van der Waals surface area (Å²) in [5.74, 6) is 2.51. The first-order chi connectivity index (χ1) is 6.13. The van der Waals surface area contributed by atoms with Crippen molar-refractivity contribution in [3.05, 3.63) is 0 Å². The minimum absolute atomic E-state index is 0.303. The first kappa shape index (κ1) is 9.51. The zero-order valence-corrected chi connectivity index (χ0v) is 8.92. The Morgan fingerprint density at radius 3 is 2.77 bits per heavy atom. The van der Waals surface area contributed by atoms with Crippen LogP contribution >= 0.6 is 0 Å². The van der Waals surface area contributed by atoms with E-state index in [-0.39, 0.29) is 5.60 Å². The van der Waals surface area contributed by atoms with Gasteiger partial charge in [-0.25, -0.2) is 0 Å². The Morgan fingerprint density at radius 1 is 1.31 bits per heavy atom. The number of hydrogen-bond donors (Lipinski definition) is 1. The third-order valence-corrected chi connectivity index (χ3v) is 4.44. The van der Waals surface area contributed by atoms with Gasteiger partial charge in [0.15, 0.2) is 0 Å². The molecule has 0 saturated heterocycles. The van der Waals surface area contributed by atoms with Crippen LogP contribution in [0.1, 0.15) is 52.4 Å². The summed E-state index contributed by atoms with van der Waals surface area (Å²) < 4.78 is 0. The molecule has 0 aliphatic heterocycles. The van der Waals surface area contributed by atoms with Crippen LogP contribution in [0.25, 0.3) is 0 Å². The van der Waals surface area contributed by atoms with Gasteiger partial charge in [-0.3, -0.25) is 0 Å². The molecule has 1 N–H and O–H groups in total. The van der Waals surface area contributed by atoms with Gasteiger partial charge in [0.1, 0.15) is 0 Å². The molecule has 4 atom stereocenters. The van der Waals surface area contributed by atoms with Crippen LogP contribution in [0.3, 0.4) is 0 Å². The molecule has 2 saturated carbocycles. The van der Waals surface area contributed by atoms with Gasteiger partial charge < -0.3 is 5.11 Å².